The molecule has 1 N–H and O–H groups in total. The van der Waals surface area contributed by atoms with Crippen molar-refractivity contribution < 1.29 is 4.79 Å². The SMILES string of the molecule is Cc1cccn2nc([C@H]3c4nc[nH]c4CCN3C(=O)C3CC3)cc12. The van der Waals surface area contributed by atoms with Gasteiger partial charge in [0.15, 0.2) is 0 Å². The number of pyridine rings is 1. The van der Waals surface area contributed by atoms with E-state index >= 15 is 0 Å². The monoisotopic (exact) mass is 321 g/mol. The average molecular weight is 321 g/mol. The van der Waals surface area contributed by atoms with Gasteiger partial charge in [-0.1, -0.05) is 6.07 Å². The third kappa shape index (κ3) is 1.99. The van der Waals surface area contributed by atoms with Crippen molar-refractivity contribution in [1.29, 1.82) is 0 Å². The Balaban J connectivity index is 1.65. The summed E-state index contributed by atoms with van der Waals surface area (Å²) in [6, 6.07) is 5.98. The molecule has 1 amide bonds. The first-order valence-corrected chi connectivity index (χ1v) is 8.50. The molecular weight excluding hydrogens is 302 g/mol. The molecule has 1 atom stereocenters. The summed E-state index contributed by atoms with van der Waals surface area (Å²) in [5.41, 5.74) is 5.21. The van der Waals surface area contributed by atoms with Crippen LogP contribution < -0.4 is 0 Å². The van der Waals surface area contributed by atoms with Crippen LogP contribution in [-0.2, 0) is 11.2 Å². The summed E-state index contributed by atoms with van der Waals surface area (Å²) >= 11 is 0. The van der Waals surface area contributed by atoms with E-state index < -0.39 is 0 Å². The van der Waals surface area contributed by atoms with Crippen LogP contribution in [0.4, 0.5) is 0 Å². The highest BCUT2D eigenvalue weighted by Gasteiger charge is 2.41. The first kappa shape index (κ1) is 13.8. The fourth-order valence-corrected chi connectivity index (χ4v) is 3.69. The largest absolute Gasteiger partial charge is 0.348 e. The number of fused-ring (bicyclic) bond motifs is 2. The van der Waals surface area contributed by atoms with Crippen molar-refractivity contribution in [2.24, 2.45) is 5.92 Å². The van der Waals surface area contributed by atoms with Crippen LogP contribution in [0, 0.1) is 12.8 Å². The summed E-state index contributed by atoms with van der Waals surface area (Å²) in [4.78, 5) is 22.5. The molecule has 6 heteroatoms. The lowest BCUT2D eigenvalue weighted by atomic mass is 9.99. The van der Waals surface area contributed by atoms with Gasteiger partial charge in [-0.05, 0) is 37.5 Å². The number of rotatable bonds is 2. The highest BCUT2D eigenvalue weighted by molar-refractivity contribution is 5.82. The van der Waals surface area contributed by atoms with Crippen LogP contribution >= 0.6 is 0 Å². The van der Waals surface area contributed by atoms with Gasteiger partial charge in [0, 0.05) is 30.8 Å². The summed E-state index contributed by atoms with van der Waals surface area (Å²) in [5, 5.41) is 4.76. The maximum Gasteiger partial charge on any atom is 0.226 e. The van der Waals surface area contributed by atoms with E-state index in [0.29, 0.717) is 0 Å². The van der Waals surface area contributed by atoms with Gasteiger partial charge in [0.05, 0.1) is 23.2 Å². The van der Waals surface area contributed by atoms with Crippen molar-refractivity contribution in [3.63, 3.8) is 0 Å². The zero-order chi connectivity index (χ0) is 16.3. The number of carbonyl (C=O) groups excluding carboxylic acids is 1. The van der Waals surface area contributed by atoms with Crippen LogP contribution in [-0.4, -0.2) is 36.9 Å². The number of aryl methyl sites for hydroxylation is 1. The lowest BCUT2D eigenvalue weighted by Crippen LogP contribution is -2.41. The molecule has 3 aromatic heterocycles. The number of nitrogens with one attached hydrogen (secondary N) is 1. The number of imidazole rings is 1. The minimum Gasteiger partial charge on any atom is -0.348 e. The Kier molecular flexibility index (Phi) is 2.83. The Morgan fingerprint density at radius 1 is 1.38 bits per heavy atom. The zero-order valence-corrected chi connectivity index (χ0v) is 13.6. The molecule has 5 rings (SSSR count). The molecular formula is C18H19N5O. The number of nitrogens with zero attached hydrogens (tertiary/aromatic N) is 4. The molecule has 6 nitrogen and oxygen atoms in total. The number of amides is 1. The minimum absolute atomic E-state index is 0.188. The average Bonchev–Trinajstić information content (AvgIpc) is 3.16. The fourth-order valence-electron chi connectivity index (χ4n) is 3.69. The summed E-state index contributed by atoms with van der Waals surface area (Å²) in [7, 11) is 0. The van der Waals surface area contributed by atoms with E-state index in [4.69, 9.17) is 5.10 Å². The van der Waals surface area contributed by atoms with E-state index in [-0.39, 0.29) is 17.9 Å². The van der Waals surface area contributed by atoms with E-state index in [2.05, 4.69) is 29.0 Å². The molecule has 0 unspecified atom stereocenters. The summed E-state index contributed by atoms with van der Waals surface area (Å²) < 4.78 is 1.89. The molecule has 1 aliphatic heterocycles. The van der Waals surface area contributed by atoms with Crippen molar-refractivity contribution in [2.45, 2.75) is 32.2 Å². The van der Waals surface area contributed by atoms with E-state index in [9.17, 15) is 4.79 Å². The van der Waals surface area contributed by atoms with Crippen LogP contribution in [0.2, 0.25) is 0 Å². The Hall–Kier alpha value is -2.63. The molecule has 0 saturated heterocycles. The standard InChI is InChI=1S/C18H19N5O/c1-11-3-2-7-23-15(11)9-14(21-23)17-16-13(19-10-20-16)6-8-22(17)18(24)12-4-5-12/h2-3,7,9-10,12,17H,4-6,8H2,1H3,(H,19,20)/t17-/m0/s1. The number of aromatic amines is 1. The maximum atomic E-state index is 12.8. The second-order valence-corrected chi connectivity index (χ2v) is 6.81. The van der Waals surface area contributed by atoms with Gasteiger partial charge in [0.25, 0.3) is 0 Å². The molecule has 3 aromatic rings. The van der Waals surface area contributed by atoms with Gasteiger partial charge in [0.2, 0.25) is 5.91 Å². The van der Waals surface area contributed by atoms with Gasteiger partial charge in [-0.3, -0.25) is 4.79 Å². The molecule has 0 aromatic carbocycles. The fraction of sp³-hybridized carbons (Fsp3) is 0.389. The van der Waals surface area contributed by atoms with Crippen LogP contribution in [0.1, 0.15) is 41.5 Å². The third-order valence-corrected chi connectivity index (χ3v) is 5.15. The predicted octanol–water partition coefficient (Wildman–Crippen LogP) is 2.25. The lowest BCUT2D eigenvalue weighted by Gasteiger charge is -2.34. The van der Waals surface area contributed by atoms with Crippen molar-refractivity contribution >= 4 is 11.4 Å². The molecule has 122 valence electrons. The molecule has 0 radical (unpaired) electrons. The van der Waals surface area contributed by atoms with E-state index in [1.165, 1.54) is 5.56 Å². The Bertz CT molecular complexity index is 936. The van der Waals surface area contributed by atoms with Crippen LogP contribution in [0.15, 0.2) is 30.7 Å². The second-order valence-electron chi connectivity index (χ2n) is 6.81. The first-order valence-electron chi connectivity index (χ1n) is 8.50. The third-order valence-electron chi connectivity index (χ3n) is 5.15. The molecule has 4 heterocycles. The maximum absolute atomic E-state index is 12.8. The van der Waals surface area contributed by atoms with Crippen LogP contribution in [0.3, 0.4) is 0 Å². The van der Waals surface area contributed by atoms with E-state index in [1.54, 1.807) is 6.33 Å². The molecule has 1 aliphatic carbocycles. The predicted molar refractivity (Wildman–Crippen MR) is 88.5 cm³/mol. The van der Waals surface area contributed by atoms with E-state index in [0.717, 1.165) is 48.4 Å². The van der Waals surface area contributed by atoms with Gasteiger partial charge in [-0.25, -0.2) is 9.50 Å². The summed E-state index contributed by atoms with van der Waals surface area (Å²) in [6.07, 6.45) is 6.53. The quantitative estimate of drug-likeness (QED) is 0.787. The Labute approximate surface area is 139 Å². The van der Waals surface area contributed by atoms with Gasteiger partial charge in [-0.2, -0.15) is 5.10 Å². The van der Waals surface area contributed by atoms with Gasteiger partial charge in [0.1, 0.15) is 6.04 Å². The van der Waals surface area contributed by atoms with Gasteiger partial charge in [-0.15, -0.1) is 0 Å². The van der Waals surface area contributed by atoms with Crippen LogP contribution in [0.5, 0.6) is 0 Å². The number of H-pyrrole nitrogens is 1. The van der Waals surface area contributed by atoms with Gasteiger partial charge >= 0.3 is 0 Å². The zero-order valence-electron chi connectivity index (χ0n) is 13.6. The topological polar surface area (TPSA) is 66.3 Å². The van der Waals surface area contributed by atoms with Crippen molar-refractivity contribution in [1.82, 2.24) is 24.5 Å². The Morgan fingerprint density at radius 2 is 2.25 bits per heavy atom. The van der Waals surface area contributed by atoms with Crippen molar-refractivity contribution in [2.75, 3.05) is 6.54 Å². The number of hydrogen-bond acceptors (Lipinski definition) is 3. The summed E-state index contributed by atoms with van der Waals surface area (Å²) in [6.45, 7) is 2.80. The Morgan fingerprint density at radius 3 is 3.04 bits per heavy atom. The minimum atomic E-state index is -0.188. The normalized spacial score (nSPS) is 20.4. The smallest absolute Gasteiger partial charge is 0.226 e. The number of hydrogen-bond donors (Lipinski definition) is 1. The van der Waals surface area contributed by atoms with Gasteiger partial charge < -0.3 is 9.88 Å². The van der Waals surface area contributed by atoms with E-state index in [1.807, 2.05) is 21.7 Å². The molecule has 0 bridgehead atoms. The van der Waals surface area contributed by atoms with Crippen LogP contribution in [0.25, 0.3) is 5.52 Å². The molecule has 1 fully saturated rings. The second kappa shape index (κ2) is 4.93. The molecule has 0 spiro atoms. The highest BCUT2D eigenvalue weighted by Crippen LogP contribution is 2.39. The number of aromatic nitrogens is 4. The molecule has 1 saturated carbocycles. The van der Waals surface area contributed by atoms with Crippen molar-refractivity contribution in [3.8, 4) is 0 Å². The highest BCUT2D eigenvalue weighted by atomic mass is 16.2. The number of carbonyl (C=O) groups is 1. The lowest BCUT2D eigenvalue weighted by molar-refractivity contribution is -0.134. The molecule has 2 aliphatic rings. The first-order chi connectivity index (χ1) is 11.7. The molecule has 24 heavy (non-hydrogen) atoms. The van der Waals surface area contributed by atoms with Crippen molar-refractivity contribution in [3.05, 3.63) is 53.4 Å². The summed E-state index contributed by atoms with van der Waals surface area (Å²) in [5.74, 6) is 0.453.